The molecule has 5 aliphatic rings. The minimum absolute atomic E-state index is 0.0464. The molecule has 1 unspecified atom stereocenters. The standard InChI is InChI=1S/C43H65NO7/c1-26(2)35-30(46)23-43(33(47)25-44(24-28-13-12-22-49-28)37(48)51-38(4,5)6)21-20-41(10)29(36(35)43)14-15-32-40(9)18-17-34(50-27(3)45)39(7,8)31(40)16-19-42(32,41)11/h12-13,22,26,29,31-34,47H,14-21,23-25H2,1-11H3/t29-,31+,32-,33-,34+,40+,41-,42-,43?/m1/s1. The van der Waals surface area contributed by atoms with E-state index in [1.807, 2.05) is 26.8 Å². The van der Waals surface area contributed by atoms with E-state index in [-0.39, 0.29) is 70.9 Å². The Balaban J connectivity index is 1.35. The molecule has 9 atom stereocenters. The van der Waals surface area contributed by atoms with Gasteiger partial charge >= 0.3 is 12.1 Å². The van der Waals surface area contributed by atoms with Crippen LogP contribution >= 0.6 is 0 Å². The van der Waals surface area contributed by atoms with Gasteiger partial charge in [0, 0.05) is 24.2 Å². The van der Waals surface area contributed by atoms with E-state index in [0.717, 1.165) is 50.5 Å². The summed E-state index contributed by atoms with van der Waals surface area (Å²) in [6.45, 7) is 23.8. The van der Waals surface area contributed by atoms with E-state index in [1.54, 1.807) is 17.2 Å². The van der Waals surface area contributed by atoms with Crippen molar-refractivity contribution >= 4 is 17.8 Å². The third kappa shape index (κ3) is 6.02. The molecule has 4 saturated carbocycles. The highest BCUT2D eigenvalue weighted by Gasteiger charge is 2.70. The number of hydrogen-bond donors (Lipinski definition) is 1. The average Bonchev–Trinajstić information content (AvgIpc) is 3.63. The Labute approximate surface area is 306 Å². The number of furan rings is 1. The van der Waals surface area contributed by atoms with Gasteiger partial charge in [-0.1, -0.05) is 54.0 Å². The molecule has 51 heavy (non-hydrogen) atoms. The second-order valence-electron chi connectivity index (χ2n) is 19.8. The Kier molecular flexibility index (Phi) is 9.54. The topological polar surface area (TPSA) is 106 Å². The summed E-state index contributed by atoms with van der Waals surface area (Å²) in [5.74, 6) is 1.78. The van der Waals surface area contributed by atoms with Crippen LogP contribution in [0.2, 0.25) is 0 Å². The number of carbonyl (C=O) groups is 3. The summed E-state index contributed by atoms with van der Waals surface area (Å²) >= 11 is 0. The van der Waals surface area contributed by atoms with Crippen LogP contribution < -0.4 is 0 Å². The van der Waals surface area contributed by atoms with Crippen molar-refractivity contribution in [3.8, 4) is 0 Å². The Bertz CT molecular complexity index is 1550. The first-order valence-electron chi connectivity index (χ1n) is 19.7. The van der Waals surface area contributed by atoms with E-state index >= 15 is 0 Å². The summed E-state index contributed by atoms with van der Waals surface area (Å²) in [4.78, 5) is 41.5. The number of rotatable bonds is 7. The van der Waals surface area contributed by atoms with Crippen molar-refractivity contribution in [2.24, 2.45) is 50.7 Å². The number of carbonyl (C=O) groups excluding carboxylic acids is 3. The van der Waals surface area contributed by atoms with Crippen LogP contribution in [0.25, 0.3) is 0 Å². The van der Waals surface area contributed by atoms with Crippen molar-refractivity contribution in [2.75, 3.05) is 6.54 Å². The quantitative estimate of drug-likeness (QED) is 0.282. The zero-order valence-electron chi connectivity index (χ0n) is 33.3. The monoisotopic (exact) mass is 707 g/mol. The van der Waals surface area contributed by atoms with Gasteiger partial charge in [0.1, 0.15) is 17.5 Å². The molecule has 1 aromatic heterocycles. The minimum atomic E-state index is -0.934. The average molecular weight is 708 g/mol. The highest BCUT2D eigenvalue weighted by atomic mass is 16.6. The highest BCUT2D eigenvalue weighted by Crippen LogP contribution is 2.77. The molecule has 0 bridgehead atoms. The fourth-order valence-corrected chi connectivity index (χ4v) is 13.0. The third-order valence-electron chi connectivity index (χ3n) is 15.3. The van der Waals surface area contributed by atoms with E-state index < -0.39 is 23.2 Å². The number of allylic oxidation sites excluding steroid dienone is 1. The van der Waals surface area contributed by atoms with Crippen molar-refractivity contribution in [1.82, 2.24) is 4.90 Å². The fourth-order valence-electron chi connectivity index (χ4n) is 13.0. The first kappa shape index (κ1) is 38.1. The van der Waals surface area contributed by atoms with Crippen LogP contribution in [0.4, 0.5) is 4.79 Å². The number of ketones is 1. The molecule has 0 aliphatic heterocycles. The Hall–Kier alpha value is -2.61. The van der Waals surface area contributed by atoms with Gasteiger partial charge in [-0.15, -0.1) is 0 Å². The summed E-state index contributed by atoms with van der Waals surface area (Å²) in [6, 6.07) is 3.62. The van der Waals surface area contributed by atoms with Crippen molar-refractivity contribution in [3.63, 3.8) is 0 Å². The van der Waals surface area contributed by atoms with E-state index in [4.69, 9.17) is 13.9 Å². The lowest BCUT2D eigenvalue weighted by Gasteiger charge is -2.72. The van der Waals surface area contributed by atoms with Crippen LogP contribution in [0, 0.1) is 50.7 Å². The number of ether oxygens (including phenoxy) is 2. The number of aliphatic hydroxyl groups excluding tert-OH is 1. The molecule has 4 fully saturated rings. The number of esters is 1. The van der Waals surface area contributed by atoms with Crippen LogP contribution in [-0.2, 0) is 25.6 Å². The maximum absolute atomic E-state index is 14.2. The molecule has 1 aromatic rings. The normalized spacial score (nSPS) is 37.9. The second kappa shape index (κ2) is 12.8. The van der Waals surface area contributed by atoms with E-state index in [2.05, 4.69) is 48.5 Å². The Morgan fingerprint density at radius 1 is 0.980 bits per heavy atom. The fraction of sp³-hybridized carbons (Fsp3) is 0.791. The number of nitrogens with zero attached hydrogens (tertiary/aromatic N) is 1. The summed E-state index contributed by atoms with van der Waals surface area (Å²) in [7, 11) is 0. The first-order chi connectivity index (χ1) is 23.6. The maximum atomic E-state index is 14.2. The molecular formula is C43H65NO7. The van der Waals surface area contributed by atoms with E-state index in [1.165, 1.54) is 12.5 Å². The van der Waals surface area contributed by atoms with Crippen molar-refractivity contribution in [1.29, 1.82) is 0 Å². The first-order valence-corrected chi connectivity index (χ1v) is 19.7. The zero-order chi connectivity index (χ0) is 37.5. The van der Waals surface area contributed by atoms with Crippen LogP contribution in [0.5, 0.6) is 0 Å². The molecule has 8 heteroatoms. The number of fused-ring (bicyclic) bond motifs is 7. The zero-order valence-corrected chi connectivity index (χ0v) is 33.3. The van der Waals surface area contributed by atoms with Crippen LogP contribution in [0.15, 0.2) is 34.0 Å². The van der Waals surface area contributed by atoms with Gasteiger partial charge in [-0.2, -0.15) is 0 Å². The SMILES string of the molecule is CC(=O)O[C@H]1CC[C@]2(C)[C@H]3CC[C@@H]4C5=C(C(C)C)C(=O)CC5([C@H](O)CN(Cc5ccco5)C(=O)OC(C)(C)C)CC[C@@]4(C)[C@]3(C)CC[C@H]2C1(C)C. The predicted molar refractivity (Wildman–Crippen MR) is 196 cm³/mol. The summed E-state index contributed by atoms with van der Waals surface area (Å²) in [6.07, 6.45) is 8.23. The molecule has 1 N–H and O–H groups in total. The number of aliphatic hydroxyl groups is 1. The van der Waals surface area contributed by atoms with Gasteiger partial charge in [0.2, 0.25) is 0 Å². The lowest BCUT2D eigenvalue weighted by molar-refractivity contribution is -0.234. The van der Waals surface area contributed by atoms with Gasteiger partial charge in [0.05, 0.1) is 25.5 Å². The maximum Gasteiger partial charge on any atom is 0.410 e. The molecule has 0 spiro atoms. The molecule has 6 rings (SSSR count). The van der Waals surface area contributed by atoms with Gasteiger partial charge in [0.15, 0.2) is 5.78 Å². The molecule has 5 aliphatic carbocycles. The Morgan fingerprint density at radius 3 is 2.29 bits per heavy atom. The lowest BCUT2D eigenvalue weighted by atomic mass is 9.33. The molecule has 284 valence electrons. The van der Waals surface area contributed by atoms with Gasteiger partial charge in [-0.25, -0.2) is 4.79 Å². The molecule has 8 nitrogen and oxygen atoms in total. The molecule has 0 radical (unpaired) electrons. The number of amides is 1. The van der Waals surface area contributed by atoms with Crippen molar-refractivity contribution in [2.45, 2.75) is 158 Å². The smallest absolute Gasteiger partial charge is 0.410 e. The van der Waals surface area contributed by atoms with Crippen LogP contribution in [0.3, 0.4) is 0 Å². The van der Waals surface area contributed by atoms with Crippen LogP contribution in [0.1, 0.15) is 140 Å². The highest BCUT2D eigenvalue weighted by molar-refractivity contribution is 6.00. The molecule has 1 amide bonds. The molecule has 0 saturated heterocycles. The summed E-state index contributed by atoms with van der Waals surface area (Å²) < 4.78 is 17.4. The molecule has 1 heterocycles. The predicted octanol–water partition coefficient (Wildman–Crippen LogP) is 9.29. The van der Waals surface area contributed by atoms with Crippen LogP contribution in [-0.4, -0.2) is 52.2 Å². The number of hydrogen-bond acceptors (Lipinski definition) is 7. The van der Waals surface area contributed by atoms with Crippen molar-refractivity contribution < 1.29 is 33.4 Å². The van der Waals surface area contributed by atoms with Gasteiger partial charge in [-0.05, 0) is 130 Å². The summed E-state index contributed by atoms with van der Waals surface area (Å²) in [5.41, 5.74) is 0.695. The van der Waals surface area contributed by atoms with Gasteiger partial charge in [0.25, 0.3) is 0 Å². The minimum Gasteiger partial charge on any atom is -0.467 e. The second-order valence-corrected chi connectivity index (χ2v) is 19.8. The lowest BCUT2D eigenvalue weighted by Crippen LogP contribution is -2.66. The largest absolute Gasteiger partial charge is 0.467 e. The third-order valence-corrected chi connectivity index (χ3v) is 15.3. The number of Topliss-reactive ketones (excluding diaryl/α,β-unsaturated/α-hetero) is 1. The molecular weight excluding hydrogens is 642 g/mol. The van der Waals surface area contributed by atoms with Gasteiger partial charge in [-0.3, -0.25) is 14.5 Å². The summed E-state index contributed by atoms with van der Waals surface area (Å²) in [5, 5.41) is 12.5. The van der Waals surface area contributed by atoms with Crippen molar-refractivity contribution in [3.05, 3.63) is 35.3 Å². The van der Waals surface area contributed by atoms with Gasteiger partial charge < -0.3 is 19.0 Å². The van der Waals surface area contributed by atoms with E-state index in [9.17, 15) is 19.5 Å². The Morgan fingerprint density at radius 2 is 1.69 bits per heavy atom. The molecule has 0 aromatic carbocycles. The van der Waals surface area contributed by atoms with E-state index in [0.29, 0.717) is 24.0 Å².